The molecule has 8 nitrogen and oxygen atoms in total. The fourth-order valence-electron chi connectivity index (χ4n) is 1.26. The molecule has 0 aliphatic heterocycles. The molecule has 0 fully saturated rings. The Morgan fingerprint density at radius 2 is 1.65 bits per heavy atom. The second kappa shape index (κ2) is 12.2. The Hall–Kier alpha value is -0.510. The van der Waals surface area contributed by atoms with Crippen molar-refractivity contribution in [3.63, 3.8) is 0 Å². The van der Waals surface area contributed by atoms with Crippen LogP contribution < -0.4 is 51.9 Å². The van der Waals surface area contributed by atoms with Gasteiger partial charge in [-0.25, -0.2) is 4.79 Å². The third kappa shape index (κ3) is 10.3. The standard InChI is InChI=1S/C11H21N3O5.Na/c12-6-2-1-3-8(14)11(18)19-9(15)5-4-7(13)10(16)17;/h7-8H,1-6,12-14H2,(H,16,17);/q;+1/p-1/t7-,8-;/m0./s1. The molecule has 0 saturated heterocycles. The van der Waals surface area contributed by atoms with Crippen molar-refractivity contribution in [3.05, 3.63) is 0 Å². The van der Waals surface area contributed by atoms with Gasteiger partial charge in [-0.1, -0.05) is 6.42 Å². The maximum Gasteiger partial charge on any atom is 1.00 e. The summed E-state index contributed by atoms with van der Waals surface area (Å²) in [6.07, 6.45) is 1.33. The van der Waals surface area contributed by atoms with Gasteiger partial charge in [0.15, 0.2) is 0 Å². The van der Waals surface area contributed by atoms with Gasteiger partial charge in [0.05, 0.1) is 5.97 Å². The molecule has 9 heteroatoms. The van der Waals surface area contributed by atoms with Crippen LogP contribution in [0.2, 0.25) is 0 Å². The van der Waals surface area contributed by atoms with Crippen LogP contribution in [0.4, 0.5) is 0 Å². The smallest absolute Gasteiger partial charge is 0.548 e. The van der Waals surface area contributed by atoms with Crippen molar-refractivity contribution in [2.24, 2.45) is 17.2 Å². The molecular formula is C11H20N3NaO5. The summed E-state index contributed by atoms with van der Waals surface area (Å²) in [7, 11) is 0. The molecule has 2 atom stereocenters. The Labute approximate surface area is 139 Å². The number of unbranched alkanes of at least 4 members (excludes halogenated alkanes) is 1. The number of ether oxygens (including phenoxy) is 1. The first-order valence-corrected chi connectivity index (χ1v) is 6.05. The van der Waals surface area contributed by atoms with Crippen molar-refractivity contribution < 1.29 is 53.8 Å². The van der Waals surface area contributed by atoms with Gasteiger partial charge in [0.1, 0.15) is 6.04 Å². The van der Waals surface area contributed by atoms with Gasteiger partial charge in [-0.2, -0.15) is 0 Å². The van der Waals surface area contributed by atoms with Crippen LogP contribution in [0.15, 0.2) is 0 Å². The van der Waals surface area contributed by atoms with Crippen LogP contribution in [0.3, 0.4) is 0 Å². The molecule has 6 N–H and O–H groups in total. The zero-order chi connectivity index (χ0) is 14.8. The monoisotopic (exact) mass is 297 g/mol. The number of rotatable bonds is 9. The number of nitrogens with two attached hydrogens (primary N) is 3. The molecule has 0 saturated carbocycles. The van der Waals surface area contributed by atoms with Gasteiger partial charge in [0.25, 0.3) is 0 Å². The molecule has 0 rings (SSSR count). The van der Waals surface area contributed by atoms with Crippen LogP contribution in [0, 0.1) is 0 Å². The van der Waals surface area contributed by atoms with E-state index in [1.807, 2.05) is 0 Å². The van der Waals surface area contributed by atoms with E-state index in [1.165, 1.54) is 0 Å². The van der Waals surface area contributed by atoms with Crippen LogP contribution >= 0.6 is 0 Å². The van der Waals surface area contributed by atoms with E-state index in [2.05, 4.69) is 4.74 Å². The number of carboxylic acids is 1. The summed E-state index contributed by atoms with van der Waals surface area (Å²) >= 11 is 0. The van der Waals surface area contributed by atoms with Crippen molar-refractivity contribution >= 4 is 17.9 Å². The summed E-state index contributed by atoms with van der Waals surface area (Å²) in [5, 5.41) is 10.3. The van der Waals surface area contributed by atoms with Crippen LogP contribution in [0.1, 0.15) is 32.1 Å². The molecule has 110 valence electrons. The largest absolute Gasteiger partial charge is 1.00 e. The molecule has 0 aromatic heterocycles. The second-order valence-corrected chi connectivity index (χ2v) is 4.15. The minimum atomic E-state index is -1.46. The van der Waals surface area contributed by atoms with Crippen molar-refractivity contribution in [1.29, 1.82) is 0 Å². The molecule has 0 aliphatic carbocycles. The maximum atomic E-state index is 11.4. The topological polar surface area (TPSA) is 162 Å². The minimum Gasteiger partial charge on any atom is -0.548 e. The van der Waals surface area contributed by atoms with E-state index < -0.39 is 30.0 Å². The molecule has 0 aliphatic rings. The van der Waals surface area contributed by atoms with E-state index in [-0.39, 0.29) is 42.4 Å². The van der Waals surface area contributed by atoms with Gasteiger partial charge in [0.2, 0.25) is 0 Å². The molecule has 0 spiro atoms. The summed E-state index contributed by atoms with van der Waals surface area (Å²) in [5.41, 5.74) is 15.9. The summed E-state index contributed by atoms with van der Waals surface area (Å²) in [6, 6.07) is -2.15. The Morgan fingerprint density at radius 1 is 1.05 bits per heavy atom. The van der Waals surface area contributed by atoms with E-state index in [0.717, 1.165) is 6.42 Å². The minimum absolute atomic E-state index is 0. The third-order valence-corrected chi connectivity index (χ3v) is 2.45. The summed E-state index contributed by atoms with van der Waals surface area (Å²) in [5.74, 6) is -3.14. The van der Waals surface area contributed by atoms with Crippen molar-refractivity contribution in [2.75, 3.05) is 6.54 Å². The number of carboxylic acid groups (broad SMARTS) is 1. The number of esters is 2. The fourth-order valence-corrected chi connectivity index (χ4v) is 1.26. The van der Waals surface area contributed by atoms with Crippen molar-refractivity contribution in [1.82, 2.24) is 0 Å². The molecule has 0 aromatic carbocycles. The van der Waals surface area contributed by atoms with Crippen LogP contribution in [-0.2, 0) is 19.1 Å². The third-order valence-electron chi connectivity index (χ3n) is 2.45. The summed E-state index contributed by atoms with van der Waals surface area (Å²) in [6.45, 7) is 0.502. The number of hydrogen-bond donors (Lipinski definition) is 3. The molecule has 0 bridgehead atoms. The Kier molecular flexibility index (Phi) is 13.3. The number of hydrogen-bond acceptors (Lipinski definition) is 8. The van der Waals surface area contributed by atoms with E-state index in [0.29, 0.717) is 19.4 Å². The van der Waals surface area contributed by atoms with E-state index in [9.17, 15) is 19.5 Å². The molecular weight excluding hydrogens is 277 g/mol. The van der Waals surface area contributed by atoms with E-state index in [4.69, 9.17) is 17.2 Å². The zero-order valence-electron chi connectivity index (χ0n) is 11.7. The summed E-state index contributed by atoms with van der Waals surface area (Å²) < 4.78 is 4.47. The number of aliphatic carboxylic acids is 1. The first-order chi connectivity index (χ1) is 8.88. The predicted molar refractivity (Wildman–Crippen MR) is 64.2 cm³/mol. The first kappa shape index (κ1) is 21.8. The SMILES string of the molecule is NCCCC[C@H](N)C(=O)OC(=O)CC[C@H](N)C(=O)[O-].[Na+]. The first-order valence-electron chi connectivity index (χ1n) is 6.05. The average Bonchev–Trinajstić information content (AvgIpc) is 2.35. The van der Waals surface area contributed by atoms with Gasteiger partial charge in [0, 0.05) is 12.5 Å². The van der Waals surface area contributed by atoms with Gasteiger partial charge in [-0.05, 0) is 25.8 Å². The molecule has 0 amide bonds. The second-order valence-electron chi connectivity index (χ2n) is 4.15. The van der Waals surface area contributed by atoms with E-state index in [1.54, 1.807) is 0 Å². The molecule has 0 unspecified atom stereocenters. The normalized spacial score (nSPS) is 12.9. The number of carbonyl (C=O) groups is 3. The summed E-state index contributed by atoms with van der Waals surface area (Å²) in [4.78, 5) is 32.9. The van der Waals surface area contributed by atoms with Gasteiger partial charge >= 0.3 is 41.5 Å². The fraction of sp³-hybridized carbons (Fsp3) is 0.727. The Balaban J connectivity index is 0. The molecule has 0 aromatic rings. The maximum absolute atomic E-state index is 11.4. The molecule has 0 heterocycles. The van der Waals surface area contributed by atoms with E-state index >= 15 is 0 Å². The Morgan fingerprint density at radius 3 is 2.15 bits per heavy atom. The van der Waals surface area contributed by atoms with Gasteiger partial charge in [-0.3, -0.25) is 4.79 Å². The number of carbonyl (C=O) groups excluding carboxylic acids is 3. The molecule has 0 radical (unpaired) electrons. The average molecular weight is 297 g/mol. The van der Waals surface area contributed by atoms with Crippen LogP contribution in [-0.4, -0.2) is 36.5 Å². The van der Waals surface area contributed by atoms with Gasteiger partial charge in [-0.15, -0.1) is 0 Å². The van der Waals surface area contributed by atoms with Crippen LogP contribution in [0.5, 0.6) is 0 Å². The molecule has 20 heavy (non-hydrogen) atoms. The Bertz CT molecular complexity index is 327. The van der Waals surface area contributed by atoms with Gasteiger partial charge < -0.3 is 31.8 Å². The van der Waals surface area contributed by atoms with Crippen LogP contribution in [0.25, 0.3) is 0 Å². The zero-order valence-corrected chi connectivity index (χ0v) is 13.7. The van der Waals surface area contributed by atoms with Crippen molar-refractivity contribution in [3.8, 4) is 0 Å². The predicted octanol–water partition coefficient (Wildman–Crippen LogP) is -5.63. The quantitative estimate of drug-likeness (QED) is 0.164. The van der Waals surface area contributed by atoms with Crippen molar-refractivity contribution in [2.45, 2.75) is 44.2 Å².